The van der Waals surface area contributed by atoms with Gasteiger partial charge in [0.1, 0.15) is 17.7 Å². The molecule has 1 aromatic carbocycles. The summed E-state index contributed by atoms with van der Waals surface area (Å²) >= 11 is 5.43. The predicted octanol–water partition coefficient (Wildman–Crippen LogP) is 1.03. The molecule has 0 unspecified atom stereocenters. The number of rotatable bonds is 7. The highest BCUT2D eigenvalue weighted by atomic mass is 32.1. The van der Waals surface area contributed by atoms with Crippen molar-refractivity contribution in [1.29, 1.82) is 0 Å². The van der Waals surface area contributed by atoms with E-state index in [1.54, 1.807) is 24.3 Å². The normalized spacial score (nSPS) is 24.6. The lowest BCUT2D eigenvalue weighted by Crippen LogP contribution is -2.66. The van der Waals surface area contributed by atoms with E-state index in [1.165, 1.54) is 13.8 Å². The average molecular weight is 467 g/mol. The Morgan fingerprint density at radius 1 is 0.844 bits per heavy atom. The third kappa shape index (κ3) is 7.27. The molecule has 0 aromatic heterocycles. The van der Waals surface area contributed by atoms with Crippen LogP contribution in [0.1, 0.15) is 33.3 Å². The van der Waals surface area contributed by atoms with Gasteiger partial charge in [-0.15, -0.1) is 0 Å². The number of hydrogen-bond donors (Lipinski definition) is 1. The quantitative estimate of drug-likeness (QED) is 0.351. The van der Waals surface area contributed by atoms with Crippen molar-refractivity contribution in [3.05, 3.63) is 35.9 Å². The minimum Gasteiger partial charge on any atom is -0.463 e. The van der Waals surface area contributed by atoms with Crippen molar-refractivity contribution in [2.24, 2.45) is 0 Å². The van der Waals surface area contributed by atoms with Crippen molar-refractivity contribution in [3.8, 4) is 0 Å². The van der Waals surface area contributed by atoms with Gasteiger partial charge in [0.2, 0.25) is 0 Å². The molecule has 2 rings (SSSR count). The zero-order chi connectivity index (χ0) is 23.8. The molecule has 1 heterocycles. The predicted molar refractivity (Wildman–Crippen MR) is 113 cm³/mol. The third-order valence-electron chi connectivity index (χ3n) is 4.30. The van der Waals surface area contributed by atoms with Crippen molar-refractivity contribution in [3.63, 3.8) is 0 Å². The molecule has 32 heavy (non-hydrogen) atoms. The van der Waals surface area contributed by atoms with E-state index in [-0.39, 0.29) is 11.6 Å². The maximum atomic E-state index is 11.8. The number of nitrogens with one attached hydrogen (secondary N) is 1. The average Bonchev–Trinajstić information content (AvgIpc) is 2.70. The SMILES string of the molecule is CC(=O)OC[C@H]1O[C@@H](NC(=S)c2ccccc2)[C@H](OC(C)=O)[C@@H](OC(C)=O)[C@@H]1OC(C)=O. The molecular formula is C21H25NO9S. The maximum absolute atomic E-state index is 11.8. The Bertz CT molecular complexity index is 860. The van der Waals surface area contributed by atoms with E-state index in [1.807, 2.05) is 6.07 Å². The van der Waals surface area contributed by atoms with Gasteiger partial charge in [-0.1, -0.05) is 42.5 Å². The lowest BCUT2D eigenvalue weighted by Gasteiger charge is -2.44. The van der Waals surface area contributed by atoms with Gasteiger partial charge in [0.15, 0.2) is 24.5 Å². The molecule has 0 saturated carbocycles. The molecule has 11 heteroatoms. The Hall–Kier alpha value is -3.05. The number of carbonyl (C=O) groups excluding carboxylic acids is 4. The minimum absolute atomic E-state index is 0.270. The number of thiocarbonyl (C=S) groups is 1. The zero-order valence-corrected chi connectivity index (χ0v) is 18.9. The van der Waals surface area contributed by atoms with Gasteiger partial charge in [-0.2, -0.15) is 0 Å². The van der Waals surface area contributed by atoms with Crippen LogP contribution in [0.15, 0.2) is 30.3 Å². The third-order valence-corrected chi connectivity index (χ3v) is 4.65. The molecule has 0 spiro atoms. The monoisotopic (exact) mass is 467 g/mol. The summed E-state index contributed by atoms with van der Waals surface area (Å²) in [5, 5.41) is 2.95. The Balaban J connectivity index is 2.42. The first-order valence-corrected chi connectivity index (χ1v) is 10.2. The van der Waals surface area contributed by atoms with E-state index in [2.05, 4.69) is 5.32 Å². The molecule has 0 aliphatic carbocycles. The number of hydrogen-bond acceptors (Lipinski definition) is 10. The first kappa shape index (κ1) is 25.2. The van der Waals surface area contributed by atoms with Crippen LogP contribution in [-0.4, -0.2) is 66.1 Å². The fraction of sp³-hybridized carbons (Fsp3) is 0.476. The Labute approximate surface area is 190 Å². The van der Waals surface area contributed by atoms with Gasteiger partial charge in [-0.3, -0.25) is 19.2 Å². The highest BCUT2D eigenvalue weighted by Crippen LogP contribution is 2.28. The molecule has 1 N–H and O–H groups in total. The first-order chi connectivity index (χ1) is 15.1. The molecule has 1 aromatic rings. The maximum Gasteiger partial charge on any atom is 0.303 e. The summed E-state index contributed by atoms with van der Waals surface area (Å²) in [4.78, 5) is 47.0. The Morgan fingerprint density at radius 3 is 1.91 bits per heavy atom. The fourth-order valence-corrected chi connectivity index (χ4v) is 3.40. The van der Waals surface area contributed by atoms with E-state index >= 15 is 0 Å². The van der Waals surface area contributed by atoms with Crippen LogP contribution in [0.5, 0.6) is 0 Å². The van der Waals surface area contributed by atoms with Crippen molar-refractivity contribution < 1.29 is 42.9 Å². The molecule has 10 nitrogen and oxygen atoms in total. The zero-order valence-electron chi connectivity index (χ0n) is 18.1. The number of ether oxygens (including phenoxy) is 5. The van der Waals surface area contributed by atoms with E-state index in [4.69, 9.17) is 35.9 Å². The molecule has 0 radical (unpaired) electrons. The van der Waals surface area contributed by atoms with Crippen LogP contribution in [-0.2, 0) is 42.9 Å². The standard InChI is InChI=1S/C21H25NO9S/c1-11(23)27-10-16-17(28-12(2)24)18(29-13(3)25)19(30-14(4)26)20(31-16)22-21(32)15-8-6-5-7-9-15/h5-9,16-20H,10H2,1-4H3,(H,22,32)/t16-,17-,18+,19-,20-/m1/s1. The summed E-state index contributed by atoms with van der Waals surface area (Å²) in [5.74, 6) is -2.68. The largest absolute Gasteiger partial charge is 0.463 e. The Morgan fingerprint density at radius 2 is 1.38 bits per heavy atom. The molecule has 0 bridgehead atoms. The van der Waals surface area contributed by atoms with Crippen molar-refractivity contribution in [2.45, 2.75) is 58.3 Å². The first-order valence-electron chi connectivity index (χ1n) is 9.75. The molecule has 1 fully saturated rings. The molecule has 1 aliphatic heterocycles. The molecule has 174 valence electrons. The summed E-state index contributed by atoms with van der Waals surface area (Å²) in [6, 6.07) is 8.93. The van der Waals surface area contributed by atoms with Gasteiger partial charge < -0.3 is 29.0 Å². The summed E-state index contributed by atoms with van der Waals surface area (Å²) < 4.78 is 27.1. The molecular weight excluding hydrogens is 442 g/mol. The van der Waals surface area contributed by atoms with Crippen LogP contribution in [0.3, 0.4) is 0 Å². The second kappa shape index (κ2) is 11.5. The number of benzene rings is 1. The van der Waals surface area contributed by atoms with Crippen LogP contribution in [0.25, 0.3) is 0 Å². The van der Waals surface area contributed by atoms with Crippen LogP contribution >= 0.6 is 12.2 Å². The van der Waals surface area contributed by atoms with Gasteiger partial charge >= 0.3 is 23.9 Å². The van der Waals surface area contributed by atoms with Crippen molar-refractivity contribution in [1.82, 2.24) is 5.32 Å². The van der Waals surface area contributed by atoms with Gasteiger partial charge in [0.05, 0.1) is 0 Å². The lowest BCUT2D eigenvalue weighted by atomic mass is 9.97. The highest BCUT2D eigenvalue weighted by Gasteiger charge is 2.52. The van der Waals surface area contributed by atoms with Gasteiger partial charge in [0, 0.05) is 33.3 Å². The van der Waals surface area contributed by atoms with E-state index in [9.17, 15) is 19.2 Å². The van der Waals surface area contributed by atoms with Crippen molar-refractivity contribution >= 4 is 41.1 Å². The second-order valence-corrected chi connectivity index (χ2v) is 7.37. The van der Waals surface area contributed by atoms with Gasteiger partial charge in [0.25, 0.3) is 0 Å². The summed E-state index contributed by atoms with van der Waals surface area (Å²) in [7, 11) is 0. The fourth-order valence-electron chi connectivity index (χ4n) is 3.15. The van der Waals surface area contributed by atoms with Crippen LogP contribution in [0.2, 0.25) is 0 Å². The van der Waals surface area contributed by atoms with Crippen LogP contribution in [0, 0.1) is 0 Å². The minimum atomic E-state index is -1.26. The highest BCUT2D eigenvalue weighted by molar-refractivity contribution is 7.80. The summed E-state index contributed by atoms with van der Waals surface area (Å²) in [5.41, 5.74) is 0.662. The van der Waals surface area contributed by atoms with Crippen molar-refractivity contribution in [2.75, 3.05) is 6.61 Å². The Kier molecular flexibility index (Phi) is 9.09. The van der Waals surface area contributed by atoms with Gasteiger partial charge in [-0.05, 0) is 0 Å². The summed E-state index contributed by atoms with van der Waals surface area (Å²) in [6.07, 6.45) is -5.86. The molecule has 5 atom stereocenters. The number of carbonyl (C=O) groups is 4. The molecule has 1 saturated heterocycles. The van der Waals surface area contributed by atoms with E-state index in [0.29, 0.717) is 5.56 Å². The topological polar surface area (TPSA) is 126 Å². The van der Waals surface area contributed by atoms with Crippen LogP contribution in [0.4, 0.5) is 0 Å². The second-order valence-electron chi connectivity index (χ2n) is 6.96. The number of esters is 4. The van der Waals surface area contributed by atoms with Crippen LogP contribution < -0.4 is 5.32 Å². The van der Waals surface area contributed by atoms with Gasteiger partial charge in [-0.25, -0.2) is 0 Å². The molecule has 0 amide bonds. The molecule has 1 aliphatic rings. The van der Waals surface area contributed by atoms with E-state index in [0.717, 1.165) is 13.8 Å². The van der Waals surface area contributed by atoms with E-state index < -0.39 is 54.5 Å². The summed E-state index contributed by atoms with van der Waals surface area (Å²) in [6.45, 7) is 4.37. The smallest absolute Gasteiger partial charge is 0.303 e. The lowest BCUT2D eigenvalue weighted by molar-refractivity contribution is -0.254.